The quantitative estimate of drug-likeness (QED) is 0.0924. The molecule has 0 aliphatic rings. The Morgan fingerprint density at radius 2 is 1.03 bits per heavy atom. The summed E-state index contributed by atoms with van der Waals surface area (Å²) in [6.45, 7) is 4.35. The van der Waals surface area contributed by atoms with Crippen molar-refractivity contribution in [2.75, 3.05) is 0 Å². The fourth-order valence-corrected chi connectivity index (χ4v) is 8.14. The average molecular weight is 741 g/mol. The van der Waals surface area contributed by atoms with Crippen LogP contribution < -0.4 is 0 Å². The molecule has 10 rings (SSSR count). The summed E-state index contributed by atoms with van der Waals surface area (Å²) in [6, 6.07) is 69.6. The van der Waals surface area contributed by atoms with Gasteiger partial charge in [0.05, 0.1) is 27.8 Å². The Morgan fingerprint density at radius 1 is 0.466 bits per heavy atom. The van der Waals surface area contributed by atoms with Gasteiger partial charge in [-0.1, -0.05) is 164 Å². The molecule has 0 saturated carbocycles. The maximum atomic E-state index is 6.11. The molecule has 0 atom stereocenters. The van der Waals surface area contributed by atoms with Gasteiger partial charge in [-0.05, 0) is 76.2 Å². The highest BCUT2D eigenvalue weighted by molar-refractivity contribution is 6.21. The van der Waals surface area contributed by atoms with Crippen LogP contribution in [0.25, 0.3) is 77.2 Å². The average Bonchev–Trinajstić information content (AvgIpc) is 3.81. The van der Waals surface area contributed by atoms with Gasteiger partial charge in [-0.3, -0.25) is 4.57 Å². The van der Waals surface area contributed by atoms with Crippen molar-refractivity contribution in [3.05, 3.63) is 218 Å². The number of fused-ring (bicyclic) bond motifs is 6. The molecule has 0 radical (unpaired) electrons. The van der Waals surface area contributed by atoms with Gasteiger partial charge in [0.2, 0.25) is 5.96 Å². The van der Waals surface area contributed by atoms with E-state index in [1.165, 1.54) is 32.9 Å². The number of aromatic nitrogens is 2. The highest BCUT2D eigenvalue weighted by Gasteiger charge is 2.19. The van der Waals surface area contributed by atoms with Crippen LogP contribution in [-0.4, -0.2) is 20.8 Å². The molecule has 2 aromatic heterocycles. The number of nitrogens with zero attached hydrogens (tertiary/aromatic N) is 4. The molecule has 0 fully saturated rings. The minimum absolute atomic E-state index is 0.441. The van der Waals surface area contributed by atoms with E-state index in [2.05, 4.69) is 155 Å². The van der Waals surface area contributed by atoms with Crippen molar-refractivity contribution in [2.45, 2.75) is 0 Å². The Kier molecular flexibility index (Phi) is 8.67. The molecule has 2 heterocycles. The zero-order valence-electron chi connectivity index (χ0n) is 31.6. The summed E-state index contributed by atoms with van der Waals surface area (Å²) < 4.78 is 4.46. The number of hydrogen-bond acceptors (Lipinski definition) is 1. The molecule has 10 aromatic rings. The minimum atomic E-state index is 0.441. The maximum Gasteiger partial charge on any atom is 0.236 e. The first kappa shape index (κ1) is 34.5. The van der Waals surface area contributed by atoms with E-state index in [1.54, 1.807) is 0 Å². The molecular formula is C54H36N4. The Morgan fingerprint density at radius 3 is 1.76 bits per heavy atom. The van der Waals surface area contributed by atoms with E-state index in [4.69, 9.17) is 16.4 Å². The fraction of sp³-hybridized carbons (Fsp3) is 0. The van der Waals surface area contributed by atoms with Gasteiger partial charge in [-0.15, -0.1) is 6.42 Å². The molecule has 0 N–H and O–H groups in total. The maximum absolute atomic E-state index is 6.11. The van der Waals surface area contributed by atoms with E-state index in [0.717, 1.165) is 49.7 Å². The molecule has 58 heavy (non-hydrogen) atoms. The van der Waals surface area contributed by atoms with E-state index in [1.807, 2.05) is 66.7 Å². The zero-order valence-corrected chi connectivity index (χ0v) is 31.6. The van der Waals surface area contributed by atoms with Gasteiger partial charge in [0.25, 0.3) is 0 Å². The van der Waals surface area contributed by atoms with Gasteiger partial charge in [0, 0.05) is 32.8 Å². The SMILES string of the molecule is C#C/C(=N\C(=NC(=C)c1ccccc1)n1c2ccccc2c2cc(-c3ccc(-c4cccc5c4c4ccccc4n5-c4ccccc4)cc3)ccc21)c1ccccc1. The molecule has 272 valence electrons. The second-order valence-electron chi connectivity index (χ2n) is 14.2. The zero-order chi connectivity index (χ0) is 39.0. The highest BCUT2D eigenvalue weighted by atomic mass is 15.2. The van der Waals surface area contributed by atoms with Crippen LogP contribution in [0.4, 0.5) is 0 Å². The Labute approximate surface area is 337 Å². The number of para-hydroxylation sites is 3. The van der Waals surface area contributed by atoms with Crippen molar-refractivity contribution in [3.63, 3.8) is 0 Å². The third-order valence-corrected chi connectivity index (χ3v) is 10.9. The standard InChI is InChI=1S/C54H36N4/c1-3-48(41-20-9-5-10-21-41)56-54(55-37(2)38-18-7-4-8-19-38)58-49-27-15-13-24-45(49)47-36-42(34-35-51(47)58)39-30-32-40(33-31-39)44-26-17-29-52-53(44)46-25-14-16-28-50(46)57(52)43-22-11-6-12-23-43/h1,4-36H,2H2/b55-54?,56-48+. The molecular weight excluding hydrogens is 705 g/mol. The number of benzene rings is 8. The first-order valence-electron chi connectivity index (χ1n) is 19.3. The molecule has 0 spiro atoms. The second kappa shape index (κ2) is 14.6. The molecule has 0 amide bonds. The van der Waals surface area contributed by atoms with Gasteiger partial charge in [-0.2, -0.15) is 0 Å². The van der Waals surface area contributed by atoms with Gasteiger partial charge in [0.15, 0.2) is 0 Å². The lowest BCUT2D eigenvalue weighted by atomic mass is 9.96. The largest absolute Gasteiger partial charge is 0.309 e. The molecule has 8 aromatic carbocycles. The predicted molar refractivity (Wildman–Crippen MR) is 245 cm³/mol. The van der Waals surface area contributed by atoms with Crippen molar-refractivity contribution >= 4 is 61.0 Å². The summed E-state index contributed by atoms with van der Waals surface area (Å²) in [5.41, 5.74) is 12.9. The number of rotatable bonds is 6. The summed E-state index contributed by atoms with van der Waals surface area (Å²) in [5, 5.41) is 4.67. The van der Waals surface area contributed by atoms with E-state index in [0.29, 0.717) is 17.4 Å². The number of terminal acetylenes is 1. The van der Waals surface area contributed by atoms with E-state index in [-0.39, 0.29) is 0 Å². The summed E-state index contributed by atoms with van der Waals surface area (Å²) in [4.78, 5) is 10.2. The Bertz CT molecular complexity index is 3270. The monoisotopic (exact) mass is 740 g/mol. The molecule has 0 aliphatic heterocycles. The Balaban J connectivity index is 1.09. The summed E-state index contributed by atoms with van der Waals surface area (Å²) in [6.07, 6.45) is 6.11. The van der Waals surface area contributed by atoms with Crippen LogP contribution in [0.15, 0.2) is 217 Å². The van der Waals surface area contributed by atoms with Crippen LogP contribution in [0, 0.1) is 12.3 Å². The topological polar surface area (TPSA) is 34.6 Å². The summed E-state index contributed by atoms with van der Waals surface area (Å²) in [5.74, 6) is 3.26. The fourth-order valence-electron chi connectivity index (χ4n) is 8.14. The molecule has 4 nitrogen and oxygen atoms in total. The van der Waals surface area contributed by atoms with Crippen molar-refractivity contribution in [1.82, 2.24) is 9.13 Å². The van der Waals surface area contributed by atoms with E-state index < -0.39 is 0 Å². The van der Waals surface area contributed by atoms with Gasteiger partial charge in [0.1, 0.15) is 5.71 Å². The van der Waals surface area contributed by atoms with Crippen molar-refractivity contribution in [2.24, 2.45) is 9.98 Å². The normalized spacial score (nSPS) is 12.1. The van der Waals surface area contributed by atoms with Gasteiger partial charge in [-0.25, -0.2) is 9.98 Å². The van der Waals surface area contributed by atoms with Crippen molar-refractivity contribution in [1.29, 1.82) is 0 Å². The van der Waals surface area contributed by atoms with Crippen LogP contribution >= 0.6 is 0 Å². The van der Waals surface area contributed by atoms with Gasteiger partial charge >= 0.3 is 0 Å². The van der Waals surface area contributed by atoms with Crippen LogP contribution in [0.5, 0.6) is 0 Å². The van der Waals surface area contributed by atoms with E-state index in [9.17, 15) is 0 Å². The number of aliphatic imine (C=N–C) groups is 2. The lowest BCUT2D eigenvalue weighted by molar-refractivity contribution is 1.18. The van der Waals surface area contributed by atoms with Crippen LogP contribution in [0.2, 0.25) is 0 Å². The second-order valence-corrected chi connectivity index (χ2v) is 14.2. The first-order chi connectivity index (χ1) is 28.7. The smallest absolute Gasteiger partial charge is 0.236 e. The predicted octanol–water partition coefficient (Wildman–Crippen LogP) is 13.2. The van der Waals surface area contributed by atoms with Crippen LogP contribution in [-0.2, 0) is 0 Å². The minimum Gasteiger partial charge on any atom is -0.309 e. The molecule has 0 unspecified atom stereocenters. The Hall–Kier alpha value is -8.00. The summed E-state index contributed by atoms with van der Waals surface area (Å²) in [7, 11) is 0. The van der Waals surface area contributed by atoms with Crippen LogP contribution in [0.3, 0.4) is 0 Å². The lowest BCUT2D eigenvalue weighted by Crippen LogP contribution is -2.13. The molecule has 0 bridgehead atoms. The summed E-state index contributed by atoms with van der Waals surface area (Å²) >= 11 is 0. The van der Waals surface area contributed by atoms with Crippen molar-refractivity contribution in [3.8, 4) is 40.3 Å². The molecule has 4 heteroatoms. The molecule has 0 aliphatic carbocycles. The third kappa shape index (κ3) is 5.99. The van der Waals surface area contributed by atoms with Gasteiger partial charge < -0.3 is 4.57 Å². The number of hydrogen-bond donors (Lipinski definition) is 0. The molecule has 0 saturated heterocycles. The van der Waals surface area contributed by atoms with Crippen LogP contribution in [0.1, 0.15) is 11.1 Å². The highest BCUT2D eigenvalue weighted by Crippen LogP contribution is 2.39. The lowest BCUT2D eigenvalue weighted by Gasteiger charge is -2.11. The first-order valence-corrected chi connectivity index (χ1v) is 19.3. The third-order valence-electron chi connectivity index (χ3n) is 10.9. The van der Waals surface area contributed by atoms with E-state index >= 15 is 0 Å². The van der Waals surface area contributed by atoms with Crippen molar-refractivity contribution < 1.29 is 0 Å².